The minimum absolute atomic E-state index is 0.157. The molecule has 1 atom stereocenters. The molecule has 0 amide bonds. The summed E-state index contributed by atoms with van der Waals surface area (Å²) >= 11 is 6.00. The highest BCUT2D eigenvalue weighted by molar-refractivity contribution is 6.33. The second-order valence-electron chi connectivity index (χ2n) is 7.63. The summed E-state index contributed by atoms with van der Waals surface area (Å²) in [7, 11) is 6.73. The fraction of sp³-hybridized carbons (Fsp3) is 0.409. The van der Waals surface area contributed by atoms with Gasteiger partial charge in [0.2, 0.25) is 0 Å². The molecule has 0 bridgehead atoms. The number of hydrogen-bond donors (Lipinski definition) is 0. The molecule has 1 fully saturated rings. The number of fused-ring (bicyclic) bond motifs is 1. The van der Waals surface area contributed by atoms with Gasteiger partial charge in [0.15, 0.2) is 5.78 Å². The highest BCUT2D eigenvalue weighted by atomic mass is 35.5. The van der Waals surface area contributed by atoms with Gasteiger partial charge in [0.05, 0.1) is 7.85 Å². The van der Waals surface area contributed by atoms with Gasteiger partial charge in [0, 0.05) is 10.6 Å². The predicted octanol–water partition coefficient (Wildman–Crippen LogP) is 5.77. The van der Waals surface area contributed by atoms with E-state index in [2.05, 4.69) is 18.2 Å². The third-order valence-corrected chi connectivity index (χ3v) is 6.54. The van der Waals surface area contributed by atoms with Crippen molar-refractivity contribution in [3.8, 4) is 0 Å². The summed E-state index contributed by atoms with van der Waals surface area (Å²) in [5.41, 5.74) is 3.36. The van der Waals surface area contributed by atoms with Gasteiger partial charge >= 0.3 is 0 Å². The zero-order valence-corrected chi connectivity index (χ0v) is 15.1. The molecule has 3 heteroatoms. The van der Waals surface area contributed by atoms with Crippen LogP contribution in [-0.4, -0.2) is 13.6 Å². The van der Waals surface area contributed by atoms with Crippen LogP contribution in [0.25, 0.3) is 0 Å². The Morgan fingerprint density at radius 1 is 0.960 bits per heavy atom. The molecule has 1 unspecified atom stereocenters. The molecule has 0 heterocycles. The van der Waals surface area contributed by atoms with Crippen LogP contribution in [0.4, 0.5) is 0 Å². The van der Waals surface area contributed by atoms with E-state index < -0.39 is 5.31 Å². The Hall–Kier alpha value is -1.54. The maximum atomic E-state index is 13.1. The number of hydrogen-bond acceptors (Lipinski definition) is 1. The number of halogens is 1. The van der Waals surface area contributed by atoms with E-state index in [-0.39, 0.29) is 11.7 Å². The molecule has 2 aromatic carbocycles. The molecule has 2 aromatic rings. The van der Waals surface area contributed by atoms with Gasteiger partial charge < -0.3 is 0 Å². The van der Waals surface area contributed by atoms with E-state index in [4.69, 9.17) is 19.4 Å². The lowest BCUT2D eigenvalue weighted by molar-refractivity contribution is 0.0839. The van der Waals surface area contributed by atoms with Crippen molar-refractivity contribution < 1.29 is 4.79 Å². The molecule has 0 aromatic heterocycles. The number of carbonyl (C=O) groups excluding carboxylic acids is 1. The number of Topliss-reactive ketones (excluding diaryl/α,β-unsaturated/α-hetero) is 1. The normalized spacial score (nSPS) is 29.2. The minimum atomic E-state index is -0.681. The molecule has 0 aliphatic heterocycles. The van der Waals surface area contributed by atoms with E-state index in [1.807, 2.05) is 30.3 Å². The van der Waals surface area contributed by atoms with Crippen molar-refractivity contribution in [3.63, 3.8) is 0 Å². The molecule has 126 valence electrons. The van der Waals surface area contributed by atoms with Crippen molar-refractivity contribution in [2.45, 2.75) is 49.8 Å². The zero-order valence-electron chi connectivity index (χ0n) is 14.4. The maximum Gasteiger partial charge on any atom is 0.160 e. The average molecular weight is 349 g/mol. The molecule has 25 heavy (non-hydrogen) atoms. The van der Waals surface area contributed by atoms with Crippen LogP contribution in [-0.2, 0) is 6.42 Å². The lowest BCUT2D eigenvalue weighted by Crippen LogP contribution is -2.38. The summed E-state index contributed by atoms with van der Waals surface area (Å²) < 4.78 is 0. The fourth-order valence-electron chi connectivity index (χ4n) is 4.73. The van der Waals surface area contributed by atoms with Crippen molar-refractivity contribution in [1.29, 1.82) is 0 Å². The van der Waals surface area contributed by atoms with Crippen molar-refractivity contribution >= 4 is 25.2 Å². The van der Waals surface area contributed by atoms with E-state index in [0.29, 0.717) is 5.92 Å². The van der Waals surface area contributed by atoms with Gasteiger partial charge in [-0.15, -0.1) is 0 Å². The minimum Gasteiger partial charge on any atom is -0.294 e. The first-order valence-electron chi connectivity index (χ1n) is 9.25. The zero-order chi connectivity index (χ0) is 17.4. The average Bonchev–Trinajstić information content (AvgIpc) is 2.66. The van der Waals surface area contributed by atoms with E-state index >= 15 is 0 Å². The highest BCUT2D eigenvalue weighted by Gasteiger charge is 2.44. The van der Waals surface area contributed by atoms with Crippen LogP contribution in [0.5, 0.6) is 0 Å². The van der Waals surface area contributed by atoms with Crippen molar-refractivity contribution in [2.24, 2.45) is 5.92 Å². The third kappa shape index (κ3) is 3.06. The van der Waals surface area contributed by atoms with Crippen molar-refractivity contribution in [2.75, 3.05) is 0 Å². The Kier molecular flexibility index (Phi) is 4.49. The lowest BCUT2D eigenvalue weighted by Gasteiger charge is -2.44. The number of benzene rings is 2. The van der Waals surface area contributed by atoms with E-state index in [9.17, 15) is 4.79 Å². The molecular weight excluding hydrogens is 327 g/mol. The van der Waals surface area contributed by atoms with E-state index in [1.165, 1.54) is 5.56 Å². The van der Waals surface area contributed by atoms with Crippen LogP contribution in [0.1, 0.15) is 59.5 Å². The van der Waals surface area contributed by atoms with Crippen LogP contribution in [0.2, 0.25) is 10.3 Å². The Labute approximate surface area is 156 Å². The maximum absolute atomic E-state index is 13.1. The quantitative estimate of drug-likeness (QED) is 0.630. The van der Waals surface area contributed by atoms with Crippen LogP contribution in [0.3, 0.4) is 0 Å². The summed E-state index contributed by atoms with van der Waals surface area (Å²) in [6.07, 6.45) is 5.93. The van der Waals surface area contributed by atoms with Crippen molar-refractivity contribution in [1.82, 2.24) is 0 Å². The Morgan fingerprint density at radius 3 is 2.36 bits per heavy atom. The molecule has 4 rings (SSSR count). The van der Waals surface area contributed by atoms with E-state index in [1.54, 1.807) is 0 Å². The van der Waals surface area contributed by atoms with Crippen LogP contribution in [0, 0.1) is 5.92 Å². The summed E-state index contributed by atoms with van der Waals surface area (Å²) in [4.78, 5) is 13.1. The van der Waals surface area contributed by atoms with Gasteiger partial charge in [-0.05, 0) is 78.9 Å². The summed E-state index contributed by atoms with van der Waals surface area (Å²) in [5, 5.41) is 0.101. The molecule has 0 N–H and O–H groups in total. The van der Waals surface area contributed by atoms with Gasteiger partial charge in [-0.1, -0.05) is 48.0 Å². The molecule has 1 saturated carbocycles. The van der Waals surface area contributed by atoms with Gasteiger partial charge in [-0.2, -0.15) is 0 Å². The standard InChI is InChI=1S/C22H22BClO/c23-22(14-13-17-3-1-2-4-20(17)21(22)25)18-9-5-15(6-10-18)16-7-11-19(24)12-8-16/h1-4,7-8,11-12,15,18H,5-6,9-10,13-14H2. The van der Waals surface area contributed by atoms with E-state index in [0.717, 1.165) is 54.7 Å². The first kappa shape index (κ1) is 16.9. The largest absolute Gasteiger partial charge is 0.294 e. The first-order valence-corrected chi connectivity index (χ1v) is 9.63. The van der Waals surface area contributed by atoms with Gasteiger partial charge in [0.25, 0.3) is 0 Å². The molecule has 2 aliphatic carbocycles. The fourth-order valence-corrected chi connectivity index (χ4v) is 4.86. The topological polar surface area (TPSA) is 17.1 Å². The molecule has 0 saturated heterocycles. The second-order valence-corrected chi connectivity index (χ2v) is 8.06. The first-order chi connectivity index (χ1) is 12.1. The second kappa shape index (κ2) is 6.65. The predicted molar refractivity (Wildman–Crippen MR) is 104 cm³/mol. The lowest BCUT2D eigenvalue weighted by atomic mass is 9.49. The molecule has 1 nitrogen and oxygen atoms in total. The number of rotatable bonds is 2. The number of aryl methyl sites for hydroxylation is 1. The Balaban J connectivity index is 1.49. The summed E-state index contributed by atoms with van der Waals surface area (Å²) in [6.45, 7) is 0. The number of ketones is 1. The Bertz CT molecular complexity index is 777. The van der Waals surface area contributed by atoms with Gasteiger partial charge in [-0.25, -0.2) is 0 Å². The Morgan fingerprint density at radius 2 is 1.64 bits per heavy atom. The molecule has 0 spiro atoms. The molecule has 2 radical (unpaired) electrons. The third-order valence-electron chi connectivity index (χ3n) is 6.29. The molecule has 2 aliphatic rings. The SMILES string of the molecule is [B]C1(C2CCC(c3ccc(Cl)cc3)CC2)CCc2ccccc2C1=O. The van der Waals surface area contributed by atoms with Crippen LogP contribution in [0.15, 0.2) is 48.5 Å². The van der Waals surface area contributed by atoms with Crippen LogP contribution < -0.4 is 0 Å². The highest BCUT2D eigenvalue weighted by Crippen LogP contribution is 2.52. The smallest absolute Gasteiger partial charge is 0.160 e. The summed E-state index contributed by atoms with van der Waals surface area (Å²) in [5.74, 6) is 1.00. The van der Waals surface area contributed by atoms with Gasteiger partial charge in [-0.3, -0.25) is 4.79 Å². The monoisotopic (exact) mass is 348 g/mol. The molecular formula is C22H22BClO. The van der Waals surface area contributed by atoms with Crippen molar-refractivity contribution in [3.05, 3.63) is 70.2 Å². The van der Waals surface area contributed by atoms with Crippen LogP contribution >= 0.6 is 11.6 Å². The van der Waals surface area contributed by atoms with Gasteiger partial charge in [0.1, 0.15) is 0 Å². The number of carbonyl (C=O) groups is 1. The summed E-state index contributed by atoms with van der Waals surface area (Å²) in [6, 6.07) is 16.2.